The molecule has 1 aliphatic rings. The molecule has 0 radical (unpaired) electrons. The maximum absolute atomic E-state index is 13.1. The summed E-state index contributed by atoms with van der Waals surface area (Å²) in [6, 6.07) is 17.2. The van der Waals surface area contributed by atoms with E-state index in [4.69, 9.17) is 4.99 Å². The van der Waals surface area contributed by atoms with Gasteiger partial charge in [0.15, 0.2) is 0 Å². The van der Waals surface area contributed by atoms with Crippen LogP contribution in [0.25, 0.3) is 0 Å². The number of hydrogen-bond donors (Lipinski definition) is 1. The number of thiophene rings is 1. The summed E-state index contributed by atoms with van der Waals surface area (Å²) in [4.78, 5) is 33.1. The van der Waals surface area contributed by atoms with Crippen molar-refractivity contribution in [3.63, 3.8) is 0 Å². The molecule has 1 N–H and O–H groups in total. The minimum Gasteiger partial charge on any atom is -0.325 e. The third kappa shape index (κ3) is 4.52. The minimum atomic E-state index is -0.245. The molecule has 0 atom stereocenters. The van der Waals surface area contributed by atoms with Crippen molar-refractivity contribution in [3.05, 3.63) is 74.4 Å². The second kappa shape index (κ2) is 8.53. The summed E-state index contributed by atoms with van der Waals surface area (Å²) in [5, 5.41) is 2.91. The summed E-state index contributed by atoms with van der Waals surface area (Å²) in [6.45, 7) is 3.90. The summed E-state index contributed by atoms with van der Waals surface area (Å²) < 4.78 is 0.981. The van der Waals surface area contributed by atoms with Crippen LogP contribution in [0.2, 0.25) is 0 Å². The molecule has 0 bridgehead atoms. The van der Waals surface area contributed by atoms with Crippen LogP contribution in [0.15, 0.2) is 63.4 Å². The molecule has 5 nitrogen and oxygen atoms in total. The number of nitrogens with zero attached hydrogens (tertiary/aromatic N) is 2. The second-order valence-corrected chi connectivity index (χ2v) is 9.70. The van der Waals surface area contributed by atoms with Crippen LogP contribution in [0.3, 0.4) is 0 Å². The lowest BCUT2D eigenvalue weighted by Crippen LogP contribution is -2.38. The highest BCUT2D eigenvalue weighted by Gasteiger charge is 2.27. The van der Waals surface area contributed by atoms with E-state index in [0.717, 1.165) is 25.5 Å². The van der Waals surface area contributed by atoms with Crippen molar-refractivity contribution in [2.75, 3.05) is 16.8 Å². The fraction of sp³-hybridized carbons (Fsp3) is 0.174. The third-order valence-corrected chi connectivity index (χ3v) is 6.39. The Morgan fingerprint density at radius 2 is 1.87 bits per heavy atom. The monoisotopic (exact) mass is 481 g/mol. The molecule has 1 aliphatic heterocycles. The summed E-state index contributed by atoms with van der Waals surface area (Å²) in [6.07, 6.45) is 0.137. The molecule has 0 spiro atoms. The number of amides is 2. The average Bonchev–Trinajstić information content (AvgIpc) is 3.06. The fourth-order valence-electron chi connectivity index (χ4n) is 3.52. The highest BCUT2D eigenvalue weighted by molar-refractivity contribution is 9.11. The summed E-state index contributed by atoms with van der Waals surface area (Å²) in [5.41, 5.74) is 4.91. The van der Waals surface area contributed by atoms with Crippen molar-refractivity contribution >= 4 is 61.9 Å². The van der Waals surface area contributed by atoms with E-state index in [1.54, 1.807) is 0 Å². The maximum atomic E-state index is 13.1. The first-order chi connectivity index (χ1) is 14.4. The third-order valence-electron chi connectivity index (χ3n) is 4.71. The number of halogens is 1. The molecule has 7 heteroatoms. The molecular weight excluding hydrogens is 462 g/mol. The number of rotatable bonds is 4. The van der Waals surface area contributed by atoms with Crippen LogP contribution in [0.5, 0.6) is 0 Å². The summed E-state index contributed by atoms with van der Waals surface area (Å²) in [5.74, 6) is -0.399. The van der Waals surface area contributed by atoms with Gasteiger partial charge >= 0.3 is 0 Å². The number of anilines is 2. The molecule has 0 saturated carbocycles. The lowest BCUT2D eigenvalue weighted by molar-refractivity contribution is -0.120. The lowest BCUT2D eigenvalue weighted by atomic mass is 10.1. The predicted octanol–water partition coefficient (Wildman–Crippen LogP) is 5.62. The van der Waals surface area contributed by atoms with Gasteiger partial charge in [-0.1, -0.05) is 18.2 Å². The number of benzene rings is 2. The normalized spacial score (nSPS) is 13.5. The van der Waals surface area contributed by atoms with E-state index in [9.17, 15) is 9.59 Å². The Morgan fingerprint density at radius 1 is 1.13 bits per heavy atom. The van der Waals surface area contributed by atoms with Crippen LogP contribution < -0.4 is 10.2 Å². The Hall–Kier alpha value is -2.77. The van der Waals surface area contributed by atoms with E-state index < -0.39 is 0 Å². The van der Waals surface area contributed by atoms with Gasteiger partial charge in [-0.05, 0) is 77.3 Å². The summed E-state index contributed by atoms with van der Waals surface area (Å²) in [7, 11) is 0. The molecule has 3 aromatic rings. The molecular formula is C23H20BrN3O2S. The molecule has 0 saturated heterocycles. The number of hydrogen-bond acceptors (Lipinski definition) is 4. The first-order valence-electron chi connectivity index (χ1n) is 9.50. The highest BCUT2D eigenvalue weighted by atomic mass is 79.9. The predicted molar refractivity (Wildman–Crippen MR) is 126 cm³/mol. The van der Waals surface area contributed by atoms with Gasteiger partial charge in [0.05, 0.1) is 32.2 Å². The number of carbonyl (C=O) groups excluding carboxylic acids is 2. The molecule has 0 fully saturated rings. The molecule has 0 aliphatic carbocycles. The Bertz CT molecular complexity index is 1150. The molecule has 4 rings (SSSR count). The number of fused-ring (bicyclic) bond motifs is 1. The molecule has 2 aromatic carbocycles. The van der Waals surface area contributed by atoms with Crippen molar-refractivity contribution in [1.82, 2.24) is 0 Å². The average molecular weight is 482 g/mol. The second-order valence-electron chi connectivity index (χ2n) is 7.23. The number of para-hydroxylation sites is 2. The van der Waals surface area contributed by atoms with E-state index in [2.05, 4.69) is 21.2 Å². The zero-order valence-corrected chi connectivity index (χ0v) is 19.0. The van der Waals surface area contributed by atoms with Gasteiger partial charge in [0.2, 0.25) is 11.8 Å². The Labute approximate surface area is 187 Å². The lowest BCUT2D eigenvalue weighted by Gasteiger charge is -2.22. The number of carbonyl (C=O) groups is 2. The van der Waals surface area contributed by atoms with Crippen molar-refractivity contribution < 1.29 is 9.59 Å². The Balaban J connectivity index is 1.60. The van der Waals surface area contributed by atoms with Crippen LogP contribution in [-0.2, 0) is 9.59 Å². The molecule has 152 valence electrons. The first kappa shape index (κ1) is 20.5. The van der Waals surface area contributed by atoms with Crippen LogP contribution in [0.4, 0.5) is 17.1 Å². The highest BCUT2D eigenvalue weighted by Crippen LogP contribution is 2.34. The summed E-state index contributed by atoms with van der Waals surface area (Å²) >= 11 is 5.00. The van der Waals surface area contributed by atoms with Gasteiger partial charge in [-0.25, -0.2) is 4.99 Å². The van der Waals surface area contributed by atoms with Gasteiger partial charge in [0, 0.05) is 5.69 Å². The van der Waals surface area contributed by atoms with Crippen LogP contribution in [0.1, 0.15) is 22.4 Å². The van der Waals surface area contributed by atoms with E-state index in [0.29, 0.717) is 17.1 Å². The number of aryl methyl sites for hydroxylation is 2. The SMILES string of the molecule is Cc1cc(C)cc(NC(=O)CN2C(=O)CC(c3ccc(Br)s3)=Nc3ccccc32)c1. The largest absolute Gasteiger partial charge is 0.325 e. The van der Waals surface area contributed by atoms with Crippen molar-refractivity contribution in [2.45, 2.75) is 20.3 Å². The van der Waals surface area contributed by atoms with E-state index in [-0.39, 0.29) is 24.8 Å². The van der Waals surface area contributed by atoms with E-state index in [1.165, 1.54) is 16.2 Å². The fourth-order valence-corrected chi connectivity index (χ4v) is 4.89. The molecule has 2 heterocycles. The topological polar surface area (TPSA) is 61.8 Å². The standard InChI is InChI=1S/C23H20BrN3O2S/c1-14-9-15(2)11-16(10-14)25-22(28)13-27-19-6-4-3-5-17(19)26-18(12-23(27)29)20-7-8-21(24)30-20/h3-11H,12-13H2,1-2H3,(H,25,28). The van der Waals surface area contributed by atoms with Gasteiger partial charge in [-0.2, -0.15) is 0 Å². The maximum Gasteiger partial charge on any atom is 0.244 e. The van der Waals surface area contributed by atoms with Crippen LogP contribution in [0, 0.1) is 13.8 Å². The zero-order chi connectivity index (χ0) is 21.3. The van der Waals surface area contributed by atoms with E-state index in [1.807, 2.05) is 68.4 Å². The Morgan fingerprint density at radius 3 is 2.57 bits per heavy atom. The van der Waals surface area contributed by atoms with Gasteiger partial charge in [-0.3, -0.25) is 9.59 Å². The molecule has 0 unspecified atom stereocenters. The quantitative estimate of drug-likeness (QED) is 0.525. The van der Waals surface area contributed by atoms with Gasteiger partial charge in [0.25, 0.3) is 0 Å². The smallest absolute Gasteiger partial charge is 0.244 e. The van der Waals surface area contributed by atoms with Crippen LogP contribution in [-0.4, -0.2) is 24.1 Å². The number of nitrogens with one attached hydrogen (secondary N) is 1. The molecule has 1 aromatic heterocycles. The molecule has 30 heavy (non-hydrogen) atoms. The van der Waals surface area contributed by atoms with Gasteiger partial charge in [0.1, 0.15) is 6.54 Å². The number of aliphatic imine (C=N–C) groups is 1. The zero-order valence-electron chi connectivity index (χ0n) is 16.6. The van der Waals surface area contributed by atoms with Gasteiger partial charge < -0.3 is 10.2 Å². The Kier molecular flexibility index (Phi) is 5.83. The van der Waals surface area contributed by atoms with Crippen molar-refractivity contribution in [2.24, 2.45) is 4.99 Å². The van der Waals surface area contributed by atoms with Crippen LogP contribution >= 0.6 is 27.3 Å². The minimum absolute atomic E-state index is 0.0697. The molecule has 2 amide bonds. The van der Waals surface area contributed by atoms with Crippen molar-refractivity contribution in [3.8, 4) is 0 Å². The van der Waals surface area contributed by atoms with Crippen molar-refractivity contribution in [1.29, 1.82) is 0 Å². The van der Waals surface area contributed by atoms with Gasteiger partial charge in [-0.15, -0.1) is 11.3 Å². The van der Waals surface area contributed by atoms with E-state index >= 15 is 0 Å². The first-order valence-corrected chi connectivity index (χ1v) is 11.1.